The summed E-state index contributed by atoms with van der Waals surface area (Å²) in [6.45, 7) is 6.83. The largest absolute Gasteiger partial charge is 0.484 e. The number of carbonyl (C=O) groups excluding carboxylic acids is 2. The minimum atomic E-state index is -0.651. The fourth-order valence-corrected chi connectivity index (χ4v) is 3.80. The Hall–Kier alpha value is -3.60. The molecule has 1 unspecified atom stereocenters. The molecule has 3 rings (SSSR count). The van der Waals surface area contributed by atoms with Crippen LogP contribution in [0.25, 0.3) is 0 Å². The first-order chi connectivity index (χ1) is 16.5. The number of ether oxygens (including phenoxy) is 1. The highest BCUT2D eigenvalue weighted by Crippen LogP contribution is 2.19. The molecule has 0 saturated heterocycles. The third-order valence-electron chi connectivity index (χ3n) is 5.73. The van der Waals surface area contributed by atoms with E-state index in [0.29, 0.717) is 31.2 Å². The Labute approximate surface area is 202 Å². The van der Waals surface area contributed by atoms with Crippen molar-refractivity contribution >= 4 is 11.8 Å². The Morgan fingerprint density at radius 2 is 1.44 bits per heavy atom. The third kappa shape index (κ3) is 7.20. The molecule has 0 fully saturated rings. The van der Waals surface area contributed by atoms with Crippen LogP contribution in [0.1, 0.15) is 43.4 Å². The van der Waals surface area contributed by atoms with Crippen LogP contribution in [0.5, 0.6) is 5.75 Å². The molecule has 3 aromatic carbocycles. The van der Waals surface area contributed by atoms with Crippen molar-refractivity contribution < 1.29 is 14.3 Å². The SMILES string of the molecule is CCNC(=O)C(Cc1ccccc1)N(Cc1ccccc1)C(=O)COc1ccc(C(C)C)cc1. The lowest BCUT2D eigenvalue weighted by atomic mass is 10.0. The van der Waals surface area contributed by atoms with E-state index in [-0.39, 0.29) is 18.4 Å². The Kier molecular flexibility index (Phi) is 9.27. The first kappa shape index (κ1) is 25.0. The third-order valence-corrected chi connectivity index (χ3v) is 5.73. The van der Waals surface area contributed by atoms with Crippen LogP contribution in [0, 0.1) is 0 Å². The number of benzene rings is 3. The summed E-state index contributed by atoms with van der Waals surface area (Å²) in [6.07, 6.45) is 0.425. The molecule has 0 aliphatic heterocycles. The van der Waals surface area contributed by atoms with Crippen molar-refractivity contribution in [2.75, 3.05) is 13.2 Å². The smallest absolute Gasteiger partial charge is 0.261 e. The monoisotopic (exact) mass is 458 g/mol. The second kappa shape index (κ2) is 12.6. The number of likely N-dealkylation sites (N-methyl/N-ethyl adjacent to an activating group) is 1. The van der Waals surface area contributed by atoms with E-state index in [2.05, 4.69) is 19.2 Å². The lowest BCUT2D eigenvalue weighted by Gasteiger charge is -2.31. The van der Waals surface area contributed by atoms with Crippen molar-refractivity contribution in [3.63, 3.8) is 0 Å². The molecule has 5 nitrogen and oxygen atoms in total. The van der Waals surface area contributed by atoms with Gasteiger partial charge in [-0.25, -0.2) is 0 Å². The van der Waals surface area contributed by atoms with Gasteiger partial charge in [-0.2, -0.15) is 0 Å². The molecule has 0 heterocycles. The number of hydrogen-bond donors (Lipinski definition) is 1. The molecule has 0 spiro atoms. The van der Waals surface area contributed by atoms with Gasteiger partial charge in [0.2, 0.25) is 5.91 Å². The summed E-state index contributed by atoms with van der Waals surface area (Å²) >= 11 is 0. The molecule has 2 amide bonds. The zero-order valence-corrected chi connectivity index (χ0v) is 20.2. The Morgan fingerprint density at radius 1 is 0.853 bits per heavy atom. The van der Waals surface area contributed by atoms with Gasteiger partial charge in [0.25, 0.3) is 5.91 Å². The Balaban J connectivity index is 1.83. The highest BCUT2D eigenvalue weighted by molar-refractivity contribution is 5.88. The quantitative estimate of drug-likeness (QED) is 0.442. The van der Waals surface area contributed by atoms with Gasteiger partial charge in [-0.15, -0.1) is 0 Å². The van der Waals surface area contributed by atoms with E-state index in [1.54, 1.807) is 4.90 Å². The van der Waals surface area contributed by atoms with Crippen molar-refractivity contribution in [2.24, 2.45) is 0 Å². The van der Waals surface area contributed by atoms with Crippen LogP contribution in [0.3, 0.4) is 0 Å². The van der Waals surface area contributed by atoms with Crippen LogP contribution in [-0.4, -0.2) is 35.9 Å². The van der Waals surface area contributed by atoms with Gasteiger partial charge >= 0.3 is 0 Å². The highest BCUT2D eigenvalue weighted by atomic mass is 16.5. The van der Waals surface area contributed by atoms with Crippen LogP contribution in [0.15, 0.2) is 84.9 Å². The Morgan fingerprint density at radius 3 is 2.00 bits per heavy atom. The highest BCUT2D eigenvalue weighted by Gasteiger charge is 2.30. The van der Waals surface area contributed by atoms with Crippen molar-refractivity contribution in [2.45, 2.75) is 45.7 Å². The average molecular weight is 459 g/mol. The first-order valence-electron chi connectivity index (χ1n) is 11.9. The summed E-state index contributed by atoms with van der Waals surface area (Å²) in [5.74, 6) is 0.656. The molecule has 1 N–H and O–H groups in total. The maximum atomic E-state index is 13.5. The molecule has 5 heteroatoms. The fourth-order valence-electron chi connectivity index (χ4n) is 3.80. The number of amides is 2. The van der Waals surface area contributed by atoms with E-state index in [1.165, 1.54) is 5.56 Å². The van der Waals surface area contributed by atoms with E-state index >= 15 is 0 Å². The summed E-state index contributed by atoms with van der Waals surface area (Å²) in [5.41, 5.74) is 3.16. The average Bonchev–Trinajstić information content (AvgIpc) is 2.86. The standard InChI is InChI=1S/C29H34N2O3/c1-4-30-29(33)27(19-23-11-7-5-8-12-23)31(20-24-13-9-6-10-14-24)28(32)21-34-26-17-15-25(16-18-26)22(2)3/h5-18,22,27H,4,19-21H2,1-3H3,(H,30,33). The molecule has 178 valence electrons. The van der Waals surface area contributed by atoms with Gasteiger partial charge in [-0.3, -0.25) is 9.59 Å². The van der Waals surface area contributed by atoms with Crippen molar-refractivity contribution in [3.8, 4) is 5.75 Å². The topological polar surface area (TPSA) is 58.6 Å². The Bertz CT molecular complexity index is 1030. The van der Waals surface area contributed by atoms with Crippen LogP contribution in [-0.2, 0) is 22.6 Å². The fraction of sp³-hybridized carbons (Fsp3) is 0.310. The van der Waals surface area contributed by atoms with Gasteiger partial charge in [0.15, 0.2) is 6.61 Å². The molecule has 1 atom stereocenters. The van der Waals surface area contributed by atoms with Gasteiger partial charge in [0.05, 0.1) is 0 Å². The van der Waals surface area contributed by atoms with E-state index in [0.717, 1.165) is 11.1 Å². The summed E-state index contributed by atoms with van der Waals surface area (Å²) in [7, 11) is 0. The van der Waals surface area contributed by atoms with E-state index < -0.39 is 6.04 Å². The number of hydrogen-bond acceptors (Lipinski definition) is 3. The zero-order valence-electron chi connectivity index (χ0n) is 20.2. The summed E-state index contributed by atoms with van der Waals surface area (Å²) < 4.78 is 5.84. The molecule has 0 aromatic heterocycles. The maximum Gasteiger partial charge on any atom is 0.261 e. The predicted molar refractivity (Wildman–Crippen MR) is 136 cm³/mol. The summed E-state index contributed by atoms with van der Waals surface area (Å²) in [6, 6.07) is 26.6. The molecule has 0 saturated carbocycles. The van der Waals surface area contributed by atoms with Gasteiger partial charge in [-0.05, 0) is 41.7 Å². The second-order valence-electron chi connectivity index (χ2n) is 8.62. The number of carbonyl (C=O) groups is 2. The lowest BCUT2D eigenvalue weighted by molar-refractivity contribution is -0.142. The minimum absolute atomic E-state index is 0.140. The van der Waals surface area contributed by atoms with Crippen molar-refractivity contribution in [3.05, 3.63) is 102 Å². The summed E-state index contributed by atoms with van der Waals surface area (Å²) in [5, 5.41) is 2.90. The second-order valence-corrected chi connectivity index (χ2v) is 8.62. The van der Waals surface area contributed by atoms with Gasteiger partial charge < -0.3 is 15.0 Å². The molecule has 34 heavy (non-hydrogen) atoms. The van der Waals surface area contributed by atoms with E-state index in [9.17, 15) is 9.59 Å². The molecular weight excluding hydrogens is 424 g/mol. The number of nitrogens with zero attached hydrogens (tertiary/aromatic N) is 1. The number of nitrogens with one attached hydrogen (secondary N) is 1. The van der Waals surface area contributed by atoms with Crippen LogP contribution >= 0.6 is 0 Å². The molecule has 0 radical (unpaired) electrons. The molecule has 0 bridgehead atoms. The van der Waals surface area contributed by atoms with Crippen molar-refractivity contribution in [1.29, 1.82) is 0 Å². The van der Waals surface area contributed by atoms with Gasteiger partial charge in [0.1, 0.15) is 11.8 Å². The van der Waals surface area contributed by atoms with Crippen LogP contribution < -0.4 is 10.1 Å². The van der Waals surface area contributed by atoms with Gasteiger partial charge in [0, 0.05) is 19.5 Å². The summed E-state index contributed by atoms with van der Waals surface area (Å²) in [4.78, 5) is 28.2. The molecule has 3 aromatic rings. The van der Waals surface area contributed by atoms with E-state index in [1.807, 2.05) is 91.9 Å². The van der Waals surface area contributed by atoms with Crippen molar-refractivity contribution in [1.82, 2.24) is 10.2 Å². The van der Waals surface area contributed by atoms with Gasteiger partial charge in [-0.1, -0.05) is 86.6 Å². The molecular formula is C29H34N2O3. The molecule has 0 aliphatic carbocycles. The lowest BCUT2D eigenvalue weighted by Crippen LogP contribution is -2.51. The van der Waals surface area contributed by atoms with Crippen LogP contribution in [0.2, 0.25) is 0 Å². The minimum Gasteiger partial charge on any atom is -0.484 e. The number of rotatable bonds is 11. The normalized spacial score (nSPS) is 11.6. The van der Waals surface area contributed by atoms with Crippen LogP contribution in [0.4, 0.5) is 0 Å². The maximum absolute atomic E-state index is 13.5. The predicted octanol–water partition coefficient (Wildman–Crippen LogP) is 4.97. The van der Waals surface area contributed by atoms with E-state index in [4.69, 9.17) is 4.74 Å². The first-order valence-corrected chi connectivity index (χ1v) is 11.9. The molecule has 0 aliphatic rings. The zero-order chi connectivity index (χ0) is 24.3.